The maximum atomic E-state index is 12.0. The molecule has 3 aromatic rings. The molecule has 5 atom stereocenters. The quantitative estimate of drug-likeness (QED) is 0.125. The number of hydrogen-bond acceptors (Lipinski definition) is 14. The van der Waals surface area contributed by atoms with Crippen molar-refractivity contribution in [1.82, 2.24) is 29.5 Å². The first-order valence-electron chi connectivity index (χ1n) is 10.5. The second kappa shape index (κ2) is 11.1. The summed E-state index contributed by atoms with van der Waals surface area (Å²) in [5, 5.41) is 13.6. The summed E-state index contributed by atoms with van der Waals surface area (Å²) in [5.74, 6) is 0.366. The molecule has 4 rings (SSSR count). The Kier molecular flexibility index (Phi) is 8.34. The molecule has 3 aromatic heterocycles. The Morgan fingerprint density at radius 3 is 2.63 bits per heavy atom. The summed E-state index contributed by atoms with van der Waals surface area (Å²) >= 11 is 0. The van der Waals surface area contributed by atoms with Crippen LogP contribution in [0.5, 0.6) is 0 Å². The van der Waals surface area contributed by atoms with Gasteiger partial charge in [0.2, 0.25) is 5.95 Å². The van der Waals surface area contributed by atoms with Crippen molar-refractivity contribution in [3.05, 3.63) is 24.5 Å². The normalized spacial score (nSPS) is 23.3. The van der Waals surface area contributed by atoms with Gasteiger partial charge in [-0.3, -0.25) is 9.09 Å². The van der Waals surface area contributed by atoms with E-state index in [0.29, 0.717) is 13.0 Å². The van der Waals surface area contributed by atoms with Gasteiger partial charge in [-0.25, -0.2) is 33.6 Å². The minimum absolute atomic E-state index is 0.0605. The van der Waals surface area contributed by atoms with E-state index < -0.39 is 48.5 Å². The Morgan fingerprint density at radius 1 is 1.18 bits per heavy atom. The SMILES string of the molecule is Nc1ncnc2c1nc(NCCc1cnc[nH]1)n2[C@H]1C[C@H](O)[C@@H](COP(=O)(O)OP(=O)(O)OP(=O)(O)O)O1. The number of aliphatic hydroxyl groups excluding tert-OH is 1. The van der Waals surface area contributed by atoms with Crippen molar-refractivity contribution in [3.8, 4) is 0 Å². The number of aromatic nitrogens is 6. The van der Waals surface area contributed by atoms with Gasteiger partial charge in [0.15, 0.2) is 17.0 Å². The number of nitrogens with zero attached hydrogens (tertiary/aromatic N) is 5. The van der Waals surface area contributed by atoms with Gasteiger partial charge in [0, 0.05) is 31.3 Å². The zero-order chi connectivity index (χ0) is 27.7. The van der Waals surface area contributed by atoms with Gasteiger partial charge >= 0.3 is 23.5 Å². The maximum Gasteiger partial charge on any atom is 0.490 e. The predicted molar refractivity (Wildman–Crippen MR) is 125 cm³/mol. The van der Waals surface area contributed by atoms with E-state index >= 15 is 0 Å². The number of H-pyrrole nitrogens is 1. The summed E-state index contributed by atoms with van der Waals surface area (Å²) in [4.78, 5) is 55.6. The van der Waals surface area contributed by atoms with E-state index in [1.807, 2.05) is 0 Å². The third-order valence-corrected chi connectivity index (χ3v) is 8.85. The van der Waals surface area contributed by atoms with Crippen LogP contribution in [0.2, 0.25) is 0 Å². The molecule has 20 nitrogen and oxygen atoms in total. The molecule has 0 saturated carbocycles. The summed E-state index contributed by atoms with van der Waals surface area (Å²) in [6, 6.07) is 0. The van der Waals surface area contributed by atoms with Gasteiger partial charge < -0.3 is 45.5 Å². The Balaban J connectivity index is 1.46. The van der Waals surface area contributed by atoms with Crippen LogP contribution >= 0.6 is 23.5 Å². The van der Waals surface area contributed by atoms with Crippen LogP contribution in [0.3, 0.4) is 0 Å². The van der Waals surface area contributed by atoms with E-state index in [1.54, 1.807) is 6.20 Å². The average Bonchev–Trinajstić information content (AvgIpc) is 3.49. The van der Waals surface area contributed by atoms with Gasteiger partial charge in [-0.15, -0.1) is 0 Å². The van der Waals surface area contributed by atoms with Crippen molar-refractivity contribution < 1.29 is 56.3 Å². The van der Waals surface area contributed by atoms with Crippen molar-refractivity contribution in [2.75, 3.05) is 24.2 Å². The molecule has 9 N–H and O–H groups in total. The molecule has 38 heavy (non-hydrogen) atoms. The molecule has 0 aromatic carbocycles. The van der Waals surface area contributed by atoms with Crippen LogP contribution in [0, 0.1) is 0 Å². The molecule has 4 heterocycles. The lowest BCUT2D eigenvalue weighted by molar-refractivity contribution is -0.0417. The Morgan fingerprint density at radius 2 is 1.95 bits per heavy atom. The molecule has 23 heteroatoms. The van der Waals surface area contributed by atoms with Crippen LogP contribution in [0.1, 0.15) is 18.3 Å². The minimum atomic E-state index is -5.69. The number of phosphoric ester groups is 1. The second-order valence-corrected chi connectivity index (χ2v) is 12.2. The monoisotopic (exact) mass is 600 g/mol. The Labute approximate surface area is 212 Å². The third kappa shape index (κ3) is 7.20. The molecule has 1 aliphatic heterocycles. The fourth-order valence-electron chi connectivity index (χ4n) is 3.55. The van der Waals surface area contributed by atoms with Gasteiger partial charge in [-0.05, 0) is 0 Å². The van der Waals surface area contributed by atoms with Crippen molar-refractivity contribution >= 4 is 46.4 Å². The van der Waals surface area contributed by atoms with Crippen LogP contribution in [0.25, 0.3) is 11.2 Å². The number of phosphoric acid groups is 3. The summed E-state index contributed by atoms with van der Waals surface area (Å²) < 4.78 is 53.5. The molecule has 1 aliphatic rings. The molecular weight excluding hydrogens is 577 g/mol. The molecule has 0 amide bonds. The number of imidazole rings is 2. The number of ether oxygens (including phenoxy) is 1. The number of hydrogen-bond donors (Lipinski definition) is 8. The standard InChI is InChI=1S/C15H23N8O12P3/c16-13-12-14(21-7-20-13)23(15(22-12)18-2-1-8-4-17-6-19-8)11-3-9(24)10(33-11)5-32-37(28,29)35-38(30,31)34-36(25,26)27/h4,6-7,9-11,24H,1-3,5H2,(H,17,19)(H,18,22)(H,28,29)(H,30,31)(H2,16,20,21)(H2,25,26,27)/t9-,10+,11+/m0/s1. The number of nitrogen functional groups attached to an aromatic ring is 1. The number of fused-ring (bicyclic) bond motifs is 1. The van der Waals surface area contributed by atoms with Crippen LogP contribution in [-0.4, -0.2) is 79.5 Å². The molecule has 0 aliphatic carbocycles. The molecule has 0 bridgehead atoms. The van der Waals surface area contributed by atoms with Crippen molar-refractivity contribution in [3.63, 3.8) is 0 Å². The number of rotatable bonds is 12. The fourth-order valence-corrected chi connectivity index (χ4v) is 6.58. The minimum Gasteiger partial charge on any atom is -0.390 e. The number of aromatic amines is 1. The highest BCUT2D eigenvalue weighted by Gasteiger charge is 2.43. The van der Waals surface area contributed by atoms with E-state index in [0.717, 1.165) is 5.69 Å². The van der Waals surface area contributed by atoms with Crippen molar-refractivity contribution in [2.45, 2.75) is 31.3 Å². The summed E-state index contributed by atoms with van der Waals surface area (Å²) in [5.41, 5.74) is 7.31. The molecular formula is C15H23N8O12P3. The first-order valence-corrected chi connectivity index (χ1v) is 15.1. The first-order chi connectivity index (χ1) is 17.7. The molecule has 0 radical (unpaired) electrons. The van der Waals surface area contributed by atoms with E-state index in [2.05, 4.69) is 43.4 Å². The van der Waals surface area contributed by atoms with E-state index in [9.17, 15) is 28.6 Å². The van der Waals surface area contributed by atoms with Crippen LogP contribution < -0.4 is 11.1 Å². The van der Waals surface area contributed by atoms with Crippen molar-refractivity contribution in [2.24, 2.45) is 0 Å². The molecule has 210 valence electrons. The second-order valence-electron chi connectivity index (χ2n) is 7.81. The lowest BCUT2D eigenvalue weighted by atomic mass is 10.2. The van der Waals surface area contributed by atoms with Gasteiger partial charge in [0.1, 0.15) is 18.7 Å². The summed E-state index contributed by atoms with van der Waals surface area (Å²) in [7, 11) is -16.6. The highest BCUT2D eigenvalue weighted by atomic mass is 31.3. The third-order valence-electron chi connectivity index (χ3n) is 5.05. The van der Waals surface area contributed by atoms with Gasteiger partial charge in [0.05, 0.1) is 19.0 Å². The van der Waals surface area contributed by atoms with E-state index in [-0.39, 0.29) is 29.4 Å². The lowest BCUT2D eigenvalue weighted by Gasteiger charge is -2.20. The van der Waals surface area contributed by atoms with Gasteiger partial charge in [-0.1, -0.05) is 0 Å². The topological polar surface area (TPSA) is 300 Å². The predicted octanol–water partition coefficient (Wildman–Crippen LogP) is -0.222. The van der Waals surface area contributed by atoms with Crippen LogP contribution in [0.15, 0.2) is 18.9 Å². The summed E-state index contributed by atoms with van der Waals surface area (Å²) in [6.45, 7) is -0.419. The number of nitrogens with two attached hydrogens (primary N) is 1. The highest BCUT2D eigenvalue weighted by Crippen LogP contribution is 2.66. The average molecular weight is 600 g/mol. The molecule has 0 spiro atoms. The zero-order valence-electron chi connectivity index (χ0n) is 19.0. The van der Waals surface area contributed by atoms with E-state index in [1.165, 1.54) is 17.2 Å². The number of nitrogens with one attached hydrogen (secondary N) is 2. The fraction of sp³-hybridized carbons (Fsp3) is 0.467. The van der Waals surface area contributed by atoms with Crippen LogP contribution in [0.4, 0.5) is 11.8 Å². The van der Waals surface area contributed by atoms with Crippen LogP contribution in [-0.2, 0) is 38.0 Å². The molecule has 1 fully saturated rings. The smallest absolute Gasteiger partial charge is 0.390 e. The molecule has 2 unspecified atom stereocenters. The lowest BCUT2D eigenvalue weighted by Crippen LogP contribution is -2.26. The Hall–Kier alpha value is -2.31. The maximum absolute atomic E-state index is 12.0. The number of aliphatic hydroxyl groups is 1. The number of anilines is 2. The zero-order valence-corrected chi connectivity index (χ0v) is 21.7. The Bertz CT molecular complexity index is 1410. The van der Waals surface area contributed by atoms with Gasteiger partial charge in [-0.2, -0.15) is 8.62 Å². The van der Waals surface area contributed by atoms with Crippen molar-refractivity contribution in [1.29, 1.82) is 0 Å². The first kappa shape index (κ1) is 28.7. The largest absolute Gasteiger partial charge is 0.490 e. The molecule has 1 saturated heterocycles. The highest BCUT2D eigenvalue weighted by molar-refractivity contribution is 7.66. The van der Waals surface area contributed by atoms with E-state index in [4.69, 9.17) is 20.3 Å². The summed E-state index contributed by atoms with van der Waals surface area (Å²) in [6.07, 6.45) is 1.47. The van der Waals surface area contributed by atoms with Gasteiger partial charge in [0.25, 0.3) is 0 Å².